The predicted molar refractivity (Wildman–Crippen MR) is 157 cm³/mol. The number of benzene rings is 2. The monoisotopic (exact) mass is 605 g/mol. The van der Waals surface area contributed by atoms with Crippen molar-refractivity contribution in [2.75, 3.05) is 39.6 Å². The summed E-state index contributed by atoms with van der Waals surface area (Å²) in [7, 11) is -4.08. The van der Waals surface area contributed by atoms with Gasteiger partial charge in [0.15, 0.2) is 11.5 Å². The Labute approximate surface area is 248 Å². The highest BCUT2D eigenvalue weighted by atomic mass is 32.2. The molecule has 0 saturated carbocycles. The SMILES string of the molecule is CC(C)(CCCCN)CN(C[C@H](O)[C@H](Cc1ccccc1)NC(=O)O[C@H]1CCOC1)S(=O)(=O)c1ccc2c(c1)OCO2. The van der Waals surface area contributed by atoms with E-state index in [-0.39, 0.29) is 37.3 Å². The molecule has 2 heterocycles. The smallest absolute Gasteiger partial charge is 0.407 e. The molecule has 4 N–H and O–H groups in total. The molecule has 4 rings (SSSR count). The van der Waals surface area contributed by atoms with Crippen LogP contribution in [-0.4, -0.2) is 81.8 Å². The van der Waals surface area contributed by atoms with Gasteiger partial charge in [0.25, 0.3) is 0 Å². The fourth-order valence-corrected chi connectivity index (χ4v) is 6.83. The van der Waals surface area contributed by atoms with E-state index in [2.05, 4.69) is 5.32 Å². The Morgan fingerprint density at radius 1 is 1.17 bits per heavy atom. The van der Waals surface area contributed by atoms with Crippen molar-refractivity contribution in [3.8, 4) is 11.5 Å². The zero-order chi connectivity index (χ0) is 30.2. The fraction of sp³-hybridized carbons (Fsp3) is 0.567. The van der Waals surface area contributed by atoms with E-state index in [1.807, 2.05) is 44.2 Å². The van der Waals surface area contributed by atoms with Crippen LogP contribution in [0.2, 0.25) is 0 Å². The second-order valence-corrected chi connectivity index (χ2v) is 13.6. The second-order valence-electron chi connectivity index (χ2n) is 11.6. The van der Waals surface area contributed by atoms with Gasteiger partial charge in [-0.2, -0.15) is 4.31 Å². The number of nitrogens with zero attached hydrogens (tertiary/aromatic N) is 1. The lowest BCUT2D eigenvalue weighted by atomic mass is 9.87. The number of alkyl carbamates (subject to hydrolysis) is 1. The molecule has 0 aliphatic carbocycles. The number of aliphatic hydroxyl groups is 1. The van der Waals surface area contributed by atoms with Gasteiger partial charge in [0, 0.05) is 25.6 Å². The Kier molecular flexibility index (Phi) is 11.1. The lowest BCUT2D eigenvalue weighted by molar-refractivity contribution is 0.0623. The van der Waals surface area contributed by atoms with Crippen molar-refractivity contribution in [1.29, 1.82) is 0 Å². The second kappa shape index (κ2) is 14.5. The van der Waals surface area contributed by atoms with Crippen LogP contribution in [0.4, 0.5) is 4.79 Å². The van der Waals surface area contributed by atoms with Gasteiger partial charge < -0.3 is 35.1 Å². The first kappa shape index (κ1) is 32.0. The molecule has 0 spiro atoms. The van der Waals surface area contributed by atoms with Gasteiger partial charge in [0.05, 0.1) is 30.3 Å². The van der Waals surface area contributed by atoms with Crippen molar-refractivity contribution in [3.63, 3.8) is 0 Å². The van der Waals surface area contributed by atoms with E-state index in [1.165, 1.54) is 16.4 Å². The number of nitrogens with one attached hydrogen (secondary N) is 1. The summed E-state index contributed by atoms with van der Waals surface area (Å²) in [5, 5.41) is 14.4. The molecule has 2 aromatic rings. The van der Waals surface area contributed by atoms with Crippen molar-refractivity contribution >= 4 is 16.1 Å². The van der Waals surface area contributed by atoms with Crippen LogP contribution in [-0.2, 0) is 25.9 Å². The number of carbonyl (C=O) groups excluding carboxylic acids is 1. The third-order valence-corrected chi connectivity index (χ3v) is 9.32. The minimum atomic E-state index is -4.08. The van der Waals surface area contributed by atoms with Crippen LogP contribution in [0.3, 0.4) is 0 Å². The van der Waals surface area contributed by atoms with Gasteiger partial charge in [-0.1, -0.05) is 50.6 Å². The summed E-state index contributed by atoms with van der Waals surface area (Å²) in [4.78, 5) is 12.9. The van der Waals surface area contributed by atoms with E-state index in [9.17, 15) is 18.3 Å². The topological polar surface area (TPSA) is 150 Å². The third kappa shape index (κ3) is 8.81. The summed E-state index contributed by atoms with van der Waals surface area (Å²) in [6.07, 6.45) is 0.998. The van der Waals surface area contributed by atoms with Crippen LogP contribution < -0.4 is 20.5 Å². The van der Waals surface area contributed by atoms with E-state index in [1.54, 1.807) is 6.07 Å². The summed E-state index contributed by atoms with van der Waals surface area (Å²) in [5.41, 5.74) is 6.15. The summed E-state index contributed by atoms with van der Waals surface area (Å²) < 4.78 is 51.0. The van der Waals surface area contributed by atoms with E-state index in [0.717, 1.165) is 24.8 Å². The van der Waals surface area contributed by atoms with Gasteiger partial charge >= 0.3 is 6.09 Å². The van der Waals surface area contributed by atoms with Crippen LogP contribution in [0.1, 0.15) is 45.1 Å². The molecule has 12 heteroatoms. The highest BCUT2D eigenvalue weighted by Crippen LogP contribution is 2.36. The van der Waals surface area contributed by atoms with Crippen LogP contribution >= 0.6 is 0 Å². The number of sulfonamides is 1. The number of rotatable bonds is 15. The summed E-state index contributed by atoms with van der Waals surface area (Å²) >= 11 is 0. The van der Waals surface area contributed by atoms with E-state index in [4.69, 9.17) is 24.7 Å². The lowest BCUT2D eigenvalue weighted by Crippen LogP contribution is -2.52. The quantitative estimate of drug-likeness (QED) is 0.260. The Bertz CT molecular complexity index is 1270. The Balaban J connectivity index is 1.58. The van der Waals surface area contributed by atoms with E-state index in [0.29, 0.717) is 37.7 Å². The summed E-state index contributed by atoms with van der Waals surface area (Å²) in [6, 6.07) is 13.1. The molecule has 1 saturated heterocycles. The Morgan fingerprint density at radius 3 is 2.64 bits per heavy atom. The standard InChI is InChI=1S/C30H43N3O8S/c1-30(2,13-6-7-14-31)20-33(42(36,37)24-10-11-27-28(17-24)40-21-39-27)18-26(34)25(16-22-8-4-3-5-9-22)32-29(35)41-23-12-15-38-19-23/h3-5,8-11,17,23,25-26,34H,6-7,12-16,18-21,31H2,1-2H3,(H,32,35)/t23-,25-,26-/m0/s1. The average Bonchev–Trinajstić information content (AvgIpc) is 3.64. The Morgan fingerprint density at radius 2 is 1.93 bits per heavy atom. The third-order valence-electron chi connectivity index (χ3n) is 7.51. The number of hydrogen-bond donors (Lipinski definition) is 3. The zero-order valence-corrected chi connectivity index (χ0v) is 25.2. The maximum absolute atomic E-state index is 14.1. The summed E-state index contributed by atoms with van der Waals surface area (Å²) in [6.45, 7) is 5.31. The van der Waals surface area contributed by atoms with Crippen molar-refractivity contribution in [2.45, 2.75) is 69.1 Å². The fourth-order valence-electron chi connectivity index (χ4n) is 5.17. The lowest BCUT2D eigenvalue weighted by Gasteiger charge is -2.35. The molecule has 0 aromatic heterocycles. The normalized spacial score (nSPS) is 18.2. The molecule has 2 aliphatic heterocycles. The molecular formula is C30H43N3O8S. The van der Waals surface area contributed by atoms with Gasteiger partial charge in [-0.15, -0.1) is 0 Å². The molecule has 0 radical (unpaired) electrons. The number of amides is 1. The molecule has 1 amide bonds. The first-order chi connectivity index (χ1) is 20.1. The van der Waals surface area contributed by atoms with Crippen molar-refractivity contribution in [3.05, 3.63) is 54.1 Å². The number of hydrogen-bond acceptors (Lipinski definition) is 9. The molecule has 3 atom stereocenters. The van der Waals surface area contributed by atoms with E-state index >= 15 is 0 Å². The molecule has 11 nitrogen and oxygen atoms in total. The van der Waals surface area contributed by atoms with Gasteiger partial charge in [0.1, 0.15) is 6.10 Å². The van der Waals surface area contributed by atoms with Gasteiger partial charge in [-0.25, -0.2) is 13.2 Å². The molecule has 1 fully saturated rings. The first-order valence-corrected chi connectivity index (χ1v) is 15.9. The molecule has 2 aliphatic rings. The number of unbranched alkanes of at least 4 members (excludes halogenated alkanes) is 1. The van der Waals surface area contributed by atoms with Gasteiger partial charge in [0.2, 0.25) is 16.8 Å². The predicted octanol–water partition coefficient (Wildman–Crippen LogP) is 3.05. The number of fused-ring (bicyclic) bond motifs is 1. The average molecular weight is 606 g/mol. The highest BCUT2D eigenvalue weighted by Gasteiger charge is 2.36. The summed E-state index contributed by atoms with van der Waals surface area (Å²) in [5.74, 6) is 0.821. The van der Waals surface area contributed by atoms with Crippen LogP contribution in [0.5, 0.6) is 11.5 Å². The van der Waals surface area contributed by atoms with E-state index < -0.39 is 33.7 Å². The largest absolute Gasteiger partial charge is 0.454 e. The van der Waals surface area contributed by atoms with Gasteiger partial charge in [-0.05, 0) is 48.9 Å². The number of aliphatic hydroxyl groups excluding tert-OH is 1. The number of ether oxygens (including phenoxy) is 4. The Hall–Kier alpha value is -2.90. The highest BCUT2D eigenvalue weighted by molar-refractivity contribution is 7.89. The molecule has 2 aromatic carbocycles. The maximum atomic E-state index is 14.1. The minimum absolute atomic E-state index is 0.0192. The van der Waals surface area contributed by atoms with Crippen molar-refractivity contribution in [2.24, 2.45) is 11.1 Å². The van der Waals surface area contributed by atoms with Crippen molar-refractivity contribution in [1.82, 2.24) is 9.62 Å². The molecule has 42 heavy (non-hydrogen) atoms. The first-order valence-electron chi connectivity index (χ1n) is 14.4. The molecule has 232 valence electrons. The minimum Gasteiger partial charge on any atom is -0.454 e. The molecule has 0 unspecified atom stereocenters. The molecule has 0 bridgehead atoms. The molecular weight excluding hydrogens is 562 g/mol. The zero-order valence-electron chi connectivity index (χ0n) is 24.4. The van der Waals surface area contributed by atoms with Gasteiger partial charge in [-0.3, -0.25) is 0 Å². The van der Waals surface area contributed by atoms with Crippen LogP contribution in [0, 0.1) is 5.41 Å². The number of nitrogens with two attached hydrogens (primary N) is 1. The number of carbonyl (C=O) groups is 1. The van der Waals surface area contributed by atoms with Crippen LogP contribution in [0.15, 0.2) is 53.4 Å². The van der Waals surface area contributed by atoms with Crippen LogP contribution in [0.25, 0.3) is 0 Å². The van der Waals surface area contributed by atoms with Crippen molar-refractivity contribution < 1.29 is 37.3 Å². The maximum Gasteiger partial charge on any atom is 0.407 e.